The van der Waals surface area contributed by atoms with Crippen molar-refractivity contribution in [2.45, 2.75) is 6.42 Å². The van der Waals surface area contributed by atoms with E-state index in [9.17, 15) is 4.79 Å². The monoisotopic (exact) mass is 247 g/mol. The zero-order chi connectivity index (χ0) is 13.0. The first kappa shape index (κ1) is 12.6. The van der Waals surface area contributed by atoms with Crippen molar-refractivity contribution >= 4 is 11.5 Å². The van der Waals surface area contributed by atoms with Crippen LogP contribution in [-0.2, 0) is 9.53 Å². The first-order valence-corrected chi connectivity index (χ1v) is 5.91. The van der Waals surface area contributed by atoms with Crippen molar-refractivity contribution in [2.75, 3.05) is 27.3 Å². The predicted molar refractivity (Wildman–Crippen MR) is 69.4 cm³/mol. The third-order valence-corrected chi connectivity index (χ3v) is 3.09. The van der Waals surface area contributed by atoms with Gasteiger partial charge in [0.1, 0.15) is 5.75 Å². The zero-order valence-corrected chi connectivity index (χ0v) is 10.7. The van der Waals surface area contributed by atoms with E-state index in [0.717, 1.165) is 29.0 Å². The molecule has 0 amide bonds. The van der Waals surface area contributed by atoms with Gasteiger partial charge in [0.2, 0.25) is 0 Å². The lowest BCUT2D eigenvalue weighted by Crippen LogP contribution is -2.27. The van der Waals surface area contributed by atoms with Crippen molar-refractivity contribution in [3.8, 4) is 5.75 Å². The van der Waals surface area contributed by atoms with Crippen LogP contribution >= 0.6 is 0 Å². The van der Waals surface area contributed by atoms with Gasteiger partial charge in [0, 0.05) is 12.1 Å². The first-order valence-electron chi connectivity index (χ1n) is 5.91. The molecular formula is C14H17NO3. The minimum Gasteiger partial charge on any atom is -0.497 e. The fourth-order valence-electron chi connectivity index (χ4n) is 2.10. The maximum atomic E-state index is 11.7. The topological polar surface area (TPSA) is 47.6 Å². The Labute approximate surface area is 107 Å². The summed E-state index contributed by atoms with van der Waals surface area (Å²) < 4.78 is 9.97. The Morgan fingerprint density at radius 1 is 1.22 bits per heavy atom. The Bertz CT molecular complexity index is 462. The SMILES string of the molecule is COC(=O)C1=C(c2ccc(OC)cc2)CNCC1. The number of carbonyl (C=O) groups is 1. The fourth-order valence-corrected chi connectivity index (χ4v) is 2.10. The molecule has 0 bridgehead atoms. The maximum Gasteiger partial charge on any atom is 0.334 e. The Morgan fingerprint density at radius 3 is 2.56 bits per heavy atom. The van der Waals surface area contributed by atoms with Crippen molar-refractivity contribution in [1.82, 2.24) is 5.32 Å². The molecule has 0 aliphatic carbocycles. The summed E-state index contributed by atoms with van der Waals surface area (Å²) >= 11 is 0. The summed E-state index contributed by atoms with van der Waals surface area (Å²) in [4.78, 5) is 11.7. The van der Waals surface area contributed by atoms with Crippen LogP contribution in [0.4, 0.5) is 0 Å². The molecule has 0 fully saturated rings. The summed E-state index contributed by atoms with van der Waals surface area (Å²) in [7, 11) is 3.05. The number of benzene rings is 1. The Morgan fingerprint density at radius 2 is 1.94 bits per heavy atom. The van der Waals surface area contributed by atoms with Gasteiger partial charge in [-0.25, -0.2) is 4.79 Å². The molecule has 0 saturated carbocycles. The number of rotatable bonds is 3. The molecule has 0 radical (unpaired) electrons. The molecule has 1 aromatic carbocycles. The molecule has 2 rings (SSSR count). The molecule has 1 aliphatic rings. The molecule has 96 valence electrons. The summed E-state index contributed by atoms with van der Waals surface area (Å²) in [5.74, 6) is 0.574. The van der Waals surface area contributed by atoms with E-state index in [4.69, 9.17) is 9.47 Å². The highest BCUT2D eigenvalue weighted by Crippen LogP contribution is 2.25. The number of ether oxygens (including phenoxy) is 2. The summed E-state index contributed by atoms with van der Waals surface area (Å²) in [6.07, 6.45) is 0.702. The maximum absolute atomic E-state index is 11.7. The highest BCUT2D eigenvalue weighted by Gasteiger charge is 2.20. The second kappa shape index (κ2) is 5.69. The molecule has 0 atom stereocenters. The zero-order valence-electron chi connectivity index (χ0n) is 10.7. The standard InChI is InChI=1S/C14H17NO3/c1-17-11-5-3-10(4-6-11)13-9-15-8-7-12(13)14(16)18-2/h3-6,15H,7-9H2,1-2H3. The van der Waals surface area contributed by atoms with Crippen molar-refractivity contribution in [3.05, 3.63) is 35.4 Å². The minimum atomic E-state index is -0.234. The van der Waals surface area contributed by atoms with Crippen molar-refractivity contribution in [3.63, 3.8) is 0 Å². The molecule has 0 spiro atoms. The van der Waals surface area contributed by atoms with Crippen molar-refractivity contribution in [2.24, 2.45) is 0 Å². The van der Waals surface area contributed by atoms with Gasteiger partial charge in [0.25, 0.3) is 0 Å². The van der Waals surface area contributed by atoms with Crippen LogP contribution < -0.4 is 10.1 Å². The van der Waals surface area contributed by atoms with Gasteiger partial charge < -0.3 is 14.8 Å². The molecule has 1 aliphatic heterocycles. The van der Waals surface area contributed by atoms with Crippen LogP contribution in [0.3, 0.4) is 0 Å². The van der Waals surface area contributed by atoms with Crippen molar-refractivity contribution in [1.29, 1.82) is 0 Å². The molecule has 0 unspecified atom stereocenters. The summed E-state index contributed by atoms with van der Waals surface area (Å²) in [6, 6.07) is 7.71. The quantitative estimate of drug-likeness (QED) is 0.824. The van der Waals surface area contributed by atoms with Crippen LogP contribution in [0, 0.1) is 0 Å². The lowest BCUT2D eigenvalue weighted by molar-refractivity contribution is -0.136. The molecule has 0 aromatic heterocycles. The van der Waals surface area contributed by atoms with E-state index in [2.05, 4.69) is 5.32 Å². The average molecular weight is 247 g/mol. The van der Waals surface area contributed by atoms with Gasteiger partial charge in [0.15, 0.2) is 0 Å². The third-order valence-electron chi connectivity index (χ3n) is 3.09. The Balaban J connectivity index is 2.37. The fraction of sp³-hybridized carbons (Fsp3) is 0.357. The largest absolute Gasteiger partial charge is 0.497 e. The molecule has 1 aromatic rings. The lowest BCUT2D eigenvalue weighted by atomic mass is 9.95. The third kappa shape index (κ3) is 2.54. The highest BCUT2D eigenvalue weighted by atomic mass is 16.5. The van der Waals surface area contributed by atoms with Crippen LogP contribution in [0.15, 0.2) is 29.8 Å². The summed E-state index contributed by atoms with van der Waals surface area (Å²) in [6.45, 7) is 1.50. The molecule has 0 saturated heterocycles. The van der Waals surface area contributed by atoms with E-state index in [1.807, 2.05) is 24.3 Å². The molecule has 18 heavy (non-hydrogen) atoms. The normalized spacial score (nSPS) is 15.4. The summed E-state index contributed by atoms with van der Waals surface area (Å²) in [5, 5.41) is 3.27. The molecule has 4 heteroatoms. The van der Waals surface area contributed by atoms with Gasteiger partial charge in [-0.2, -0.15) is 0 Å². The van der Waals surface area contributed by atoms with Crippen molar-refractivity contribution < 1.29 is 14.3 Å². The lowest BCUT2D eigenvalue weighted by Gasteiger charge is -2.20. The van der Waals surface area contributed by atoms with Gasteiger partial charge >= 0.3 is 5.97 Å². The van der Waals surface area contributed by atoms with Crippen LogP contribution in [0.5, 0.6) is 5.75 Å². The molecule has 1 heterocycles. The average Bonchev–Trinajstić information content (AvgIpc) is 2.46. The second-order valence-corrected chi connectivity index (χ2v) is 4.10. The van der Waals surface area contributed by atoms with Gasteiger partial charge in [0.05, 0.1) is 14.2 Å². The predicted octanol–water partition coefficient (Wildman–Crippen LogP) is 1.62. The number of esters is 1. The first-order chi connectivity index (χ1) is 8.76. The number of nitrogens with one attached hydrogen (secondary N) is 1. The summed E-state index contributed by atoms with van der Waals surface area (Å²) in [5.41, 5.74) is 2.81. The van der Waals surface area contributed by atoms with E-state index in [1.54, 1.807) is 7.11 Å². The van der Waals surface area contributed by atoms with Crippen LogP contribution in [0.2, 0.25) is 0 Å². The van der Waals surface area contributed by atoms with Gasteiger partial charge in [-0.1, -0.05) is 12.1 Å². The van der Waals surface area contributed by atoms with E-state index < -0.39 is 0 Å². The van der Waals surface area contributed by atoms with Crippen LogP contribution in [0.25, 0.3) is 5.57 Å². The van der Waals surface area contributed by atoms with E-state index in [-0.39, 0.29) is 5.97 Å². The molecule has 1 N–H and O–H groups in total. The number of hydrogen-bond donors (Lipinski definition) is 1. The van der Waals surface area contributed by atoms with E-state index in [0.29, 0.717) is 13.0 Å². The molecular weight excluding hydrogens is 230 g/mol. The second-order valence-electron chi connectivity index (χ2n) is 4.10. The van der Waals surface area contributed by atoms with Gasteiger partial charge in [-0.05, 0) is 36.2 Å². The van der Waals surface area contributed by atoms with Crippen LogP contribution in [-0.4, -0.2) is 33.3 Å². The minimum absolute atomic E-state index is 0.234. The van der Waals surface area contributed by atoms with Gasteiger partial charge in [-0.15, -0.1) is 0 Å². The Kier molecular flexibility index (Phi) is 3.99. The Hall–Kier alpha value is -1.81. The van der Waals surface area contributed by atoms with E-state index >= 15 is 0 Å². The highest BCUT2D eigenvalue weighted by molar-refractivity contribution is 5.98. The van der Waals surface area contributed by atoms with Crippen LogP contribution in [0.1, 0.15) is 12.0 Å². The number of hydrogen-bond acceptors (Lipinski definition) is 4. The number of methoxy groups -OCH3 is 2. The smallest absolute Gasteiger partial charge is 0.334 e. The van der Waals surface area contributed by atoms with Gasteiger partial charge in [-0.3, -0.25) is 0 Å². The van der Waals surface area contributed by atoms with E-state index in [1.165, 1.54) is 7.11 Å². The molecule has 4 nitrogen and oxygen atoms in total. The number of carbonyl (C=O) groups excluding carboxylic acids is 1.